The Morgan fingerprint density at radius 2 is 1.92 bits per heavy atom. The minimum Gasteiger partial charge on any atom is -0.422 e. The second-order valence-electron chi connectivity index (χ2n) is 5.53. The van der Waals surface area contributed by atoms with E-state index >= 15 is 0 Å². The molecule has 5 N–H and O–H groups in total. The number of ether oxygens (including phenoxy) is 1. The molecule has 5 atom stereocenters. The van der Waals surface area contributed by atoms with Gasteiger partial charge < -0.3 is 34.9 Å². The number of nitrogens with one attached hydrogen (secondary N) is 1. The van der Waals surface area contributed by atoms with Crippen molar-refractivity contribution in [2.75, 3.05) is 11.9 Å². The van der Waals surface area contributed by atoms with Crippen LogP contribution in [0.3, 0.4) is 0 Å². The average Bonchev–Trinajstić information content (AvgIpc) is 2.56. The first kappa shape index (κ1) is 17.6. The Kier molecular flexibility index (Phi) is 5.08. The van der Waals surface area contributed by atoms with E-state index in [0.29, 0.717) is 14.8 Å². The number of anilines is 1. The van der Waals surface area contributed by atoms with E-state index in [4.69, 9.17) is 14.3 Å². The number of fused-ring (bicyclic) bond motifs is 1. The Bertz CT molecular complexity index is 795. The van der Waals surface area contributed by atoms with Crippen molar-refractivity contribution in [1.82, 2.24) is 0 Å². The number of aliphatic hydroxyl groups excluding tert-OH is 4. The summed E-state index contributed by atoms with van der Waals surface area (Å²) in [5, 5.41) is 42.6. The van der Waals surface area contributed by atoms with Gasteiger partial charge in [0.15, 0.2) is 6.29 Å². The molecule has 8 nitrogen and oxygen atoms in total. The van der Waals surface area contributed by atoms with E-state index in [2.05, 4.69) is 5.32 Å². The zero-order valence-electron chi connectivity index (χ0n) is 12.3. The molecule has 0 saturated carbocycles. The van der Waals surface area contributed by atoms with Gasteiger partial charge in [-0.1, -0.05) is 0 Å². The van der Waals surface area contributed by atoms with Crippen molar-refractivity contribution >= 4 is 39.2 Å². The number of hydrogen-bond acceptors (Lipinski definition) is 8. The molecule has 1 aromatic heterocycles. The highest BCUT2D eigenvalue weighted by molar-refractivity contribution is 14.1. The van der Waals surface area contributed by atoms with Crippen LogP contribution in [0.25, 0.3) is 11.0 Å². The van der Waals surface area contributed by atoms with Gasteiger partial charge in [0.05, 0.1) is 10.2 Å². The lowest BCUT2D eigenvalue weighted by molar-refractivity contribution is -0.245. The standard InChI is InChI=1S/C15H16INO7/c16-8-3-6-1-2-7(4-9(6)23-14(8)21)17-11-13(20)12(19)10(5-18)24-15(11)22/h1-4,10-13,15,17-20,22H,5H2/t10?,11?,12-,13?,15?/m0/s1. The highest BCUT2D eigenvalue weighted by Crippen LogP contribution is 2.25. The fourth-order valence-electron chi connectivity index (χ4n) is 2.62. The van der Waals surface area contributed by atoms with Crippen LogP contribution >= 0.6 is 22.6 Å². The minimum atomic E-state index is -1.43. The van der Waals surface area contributed by atoms with Gasteiger partial charge in [0, 0.05) is 17.1 Å². The number of aliphatic hydroxyl groups is 4. The molecule has 1 aromatic carbocycles. The molecule has 0 amide bonds. The van der Waals surface area contributed by atoms with Crippen LogP contribution in [0.2, 0.25) is 0 Å². The zero-order chi connectivity index (χ0) is 17.4. The van der Waals surface area contributed by atoms with E-state index in [1.54, 1.807) is 24.3 Å². The van der Waals surface area contributed by atoms with E-state index in [1.807, 2.05) is 22.6 Å². The largest absolute Gasteiger partial charge is 0.422 e. The normalized spacial score (nSPS) is 30.5. The summed E-state index contributed by atoms with van der Waals surface area (Å²) in [6.45, 7) is -0.526. The summed E-state index contributed by atoms with van der Waals surface area (Å²) < 4.78 is 10.7. The molecule has 1 saturated heterocycles. The van der Waals surface area contributed by atoms with Crippen LogP contribution in [0.1, 0.15) is 0 Å². The van der Waals surface area contributed by atoms with Gasteiger partial charge in [0.2, 0.25) is 0 Å². The summed E-state index contributed by atoms with van der Waals surface area (Å²) in [7, 11) is 0. The molecule has 0 bridgehead atoms. The average molecular weight is 449 g/mol. The maximum absolute atomic E-state index is 11.6. The molecule has 24 heavy (non-hydrogen) atoms. The molecule has 2 heterocycles. The SMILES string of the molecule is O=c1oc2cc(NC3C(O)OC(CO)[C@H](O)C3O)ccc2cc1I. The van der Waals surface area contributed by atoms with Crippen LogP contribution in [-0.2, 0) is 4.74 Å². The van der Waals surface area contributed by atoms with Gasteiger partial charge in [-0.15, -0.1) is 0 Å². The molecule has 1 aliphatic heterocycles. The fraction of sp³-hybridized carbons (Fsp3) is 0.400. The van der Waals surface area contributed by atoms with Crippen molar-refractivity contribution in [2.45, 2.75) is 30.6 Å². The second kappa shape index (κ2) is 6.94. The van der Waals surface area contributed by atoms with Gasteiger partial charge in [-0.2, -0.15) is 0 Å². The number of benzene rings is 1. The predicted octanol–water partition coefficient (Wildman–Crippen LogP) is -0.391. The predicted molar refractivity (Wildman–Crippen MR) is 92.6 cm³/mol. The van der Waals surface area contributed by atoms with Crippen LogP contribution < -0.4 is 10.9 Å². The Morgan fingerprint density at radius 1 is 1.17 bits per heavy atom. The maximum atomic E-state index is 11.6. The molecular formula is C15H16INO7. The summed E-state index contributed by atoms with van der Waals surface area (Å²) in [4.78, 5) is 11.6. The summed E-state index contributed by atoms with van der Waals surface area (Å²) in [6.07, 6.45) is -5.20. The van der Waals surface area contributed by atoms with Gasteiger partial charge in [-0.25, -0.2) is 4.79 Å². The molecule has 0 aliphatic carbocycles. The van der Waals surface area contributed by atoms with Crippen LogP contribution in [0.15, 0.2) is 33.5 Å². The first-order valence-corrected chi connectivity index (χ1v) is 8.29. The number of hydrogen-bond donors (Lipinski definition) is 5. The quantitative estimate of drug-likeness (QED) is 0.316. The highest BCUT2D eigenvalue weighted by atomic mass is 127. The Morgan fingerprint density at radius 3 is 2.62 bits per heavy atom. The highest BCUT2D eigenvalue weighted by Gasteiger charge is 2.43. The van der Waals surface area contributed by atoms with Crippen molar-refractivity contribution in [3.63, 3.8) is 0 Å². The van der Waals surface area contributed by atoms with Crippen LogP contribution in [0, 0.1) is 3.57 Å². The fourth-order valence-corrected chi connectivity index (χ4v) is 3.07. The zero-order valence-corrected chi connectivity index (χ0v) is 14.5. The van der Waals surface area contributed by atoms with Crippen molar-refractivity contribution in [2.24, 2.45) is 0 Å². The lowest BCUT2D eigenvalue weighted by Crippen LogP contribution is -2.61. The molecule has 0 spiro atoms. The van der Waals surface area contributed by atoms with Gasteiger partial charge in [-0.3, -0.25) is 0 Å². The van der Waals surface area contributed by atoms with Crippen molar-refractivity contribution in [1.29, 1.82) is 0 Å². The van der Waals surface area contributed by atoms with E-state index < -0.39 is 42.9 Å². The van der Waals surface area contributed by atoms with Gasteiger partial charge in [0.25, 0.3) is 0 Å². The van der Waals surface area contributed by atoms with Gasteiger partial charge in [-0.05, 0) is 40.8 Å². The second-order valence-corrected chi connectivity index (χ2v) is 6.70. The van der Waals surface area contributed by atoms with Crippen LogP contribution in [-0.4, -0.2) is 57.7 Å². The van der Waals surface area contributed by atoms with Crippen molar-refractivity contribution < 1.29 is 29.6 Å². The third kappa shape index (κ3) is 3.27. The number of halogens is 1. The van der Waals surface area contributed by atoms with Crippen molar-refractivity contribution in [3.8, 4) is 0 Å². The Balaban J connectivity index is 1.86. The molecule has 3 rings (SSSR count). The van der Waals surface area contributed by atoms with E-state index in [0.717, 1.165) is 5.39 Å². The van der Waals surface area contributed by atoms with Gasteiger partial charge >= 0.3 is 5.63 Å². The summed E-state index contributed by atoms with van der Waals surface area (Å²) >= 11 is 1.89. The Labute approximate surface area is 149 Å². The molecular weight excluding hydrogens is 433 g/mol. The first-order chi connectivity index (χ1) is 11.4. The molecule has 130 valence electrons. The van der Waals surface area contributed by atoms with Crippen LogP contribution in [0.4, 0.5) is 5.69 Å². The van der Waals surface area contributed by atoms with Gasteiger partial charge in [0.1, 0.15) is 29.9 Å². The molecule has 9 heteroatoms. The minimum absolute atomic E-state index is 0.347. The lowest BCUT2D eigenvalue weighted by Gasteiger charge is -2.40. The first-order valence-electron chi connectivity index (χ1n) is 7.21. The molecule has 0 radical (unpaired) electrons. The summed E-state index contributed by atoms with van der Waals surface area (Å²) in [5.74, 6) is 0. The Hall–Kier alpha value is -1.24. The van der Waals surface area contributed by atoms with E-state index in [-0.39, 0.29) is 0 Å². The van der Waals surface area contributed by atoms with Crippen LogP contribution in [0.5, 0.6) is 0 Å². The lowest BCUT2D eigenvalue weighted by atomic mass is 9.97. The van der Waals surface area contributed by atoms with E-state index in [1.165, 1.54) is 0 Å². The molecule has 2 aromatic rings. The summed E-state index contributed by atoms with van der Waals surface area (Å²) in [5.41, 5.74) is 0.357. The monoisotopic (exact) mass is 449 g/mol. The molecule has 1 fully saturated rings. The maximum Gasteiger partial charge on any atom is 0.349 e. The summed E-state index contributed by atoms with van der Waals surface area (Å²) in [6, 6.07) is 5.63. The third-order valence-corrected chi connectivity index (χ3v) is 4.68. The third-order valence-electron chi connectivity index (χ3n) is 3.93. The smallest absolute Gasteiger partial charge is 0.349 e. The number of rotatable bonds is 3. The topological polar surface area (TPSA) is 132 Å². The van der Waals surface area contributed by atoms with Crippen molar-refractivity contribution in [3.05, 3.63) is 38.3 Å². The molecule has 1 aliphatic rings. The molecule has 4 unspecified atom stereocenters. The van der Waals surface area contributed by atoms with E-state index in [9.17, 15) is 20.1 Å².